The first-order valence-corrected chi connectivity index (χ1v) is 20.9. The van der Waals surface area contributed by atoms with Crippen molar-refractivity contribution in [3.63, 3.8) is 0 Å². The van der Waals surface area contributed by atoms with E-state index in [4.69, 9.17) is 4.74 Å². The maximum Gasteiger partial charge on any atom is 0.272 e. The number of piperidine rings is 2. The highest BCUT2D eigenvalue weighted by Gasteiger charge is 2.45. The first kappa shape index (κ1) is 39.0. The Labute approximate surface area is 346 Å². The normalized spacial score (nSPS) is 22.7. The molecule has 0 radical (unpaired) electrons. The monoisotopic (exact) mass is 810 g/mol. The van der Waals surface area contributed by atoms with Gasteiger partial charge in [0.1, 0.15) is 17.9 Å². The summed E-state index contributed by atoms with van der Waals surface area (Å²) in [5.74, 6) is -0.172. The molecule has 16 nitrogen and oxygen atoms in total. The van der Waals surface area contributed by atoms with E-state index in [1.165, 1.54) is 0 Å². The smallest absolute Gasteiger partial charge is 0.272 e. The summed E-state index contributed by atoms with van der Waals surface area (Å²) in [5.41, 5.74) is 2.92. The predicted molar refractivity (Wildman–Crippen MR) is 219 cm³/mol. The van der Waals surface area contributed by atoms with E-state index in [1.54, 1.807) is 30.5 Å². The van der Waals surface area contributed by atoms with Crippen LogP contribution >= 0.6 is 0 Å². The van der Waals surface area contributed by atoms with Gasteiger partial charge in [0, 0.05) is 75.5 Å². The van der Waals surface area contributed by atoms with Crippen molar-refractivity contribution in [2.24, 2.45) is 5.92 Å². The maximum absolute atomic E-state index is 13.3. The lowest BCUT2D eigenvalue weighted by Gasteiger charge is -2.39. The highest BCUT2D eigenvalue weighted by Crippen LogP contribution is 2.33. The van der Waals surface area contributed by atoms with Crippen molar-refractivity contribution >= 4 is 51.9 Å². The number of fused-ring (bicyclic) bond motifs is 2. The molecule has 6 heterocycles. The van der Waals surface area contributed by atoms with E-state index in [0.29, 0.717) is 28.3 Å². The van der Waals surface area contributed by atoms with Gasteiger partial charge in [-0.25, -0.2) is 0 Å². The standard InChI is InChI=1S/C44H46N10O6/c45-25-28-3-12-37(33-2-1-17-46-40(28)33)60-31-7-4-29(5-8-31)47-41(56)35-10-13-38(50-49-35)53-18-15-27(16-19-53)26-51-20-22-52(23-21-51)30-6-9-32-34(24-30)44(59)54(43(32)58)36-11-14-39(55)48-42(36)57/h1-3,6,9-10,12-13,17,24,27,29,31,36H,4-5,7-8,11,14-16,18-23,26H2,(H,47,56)(H,48,55,57)/t29-,31-,36?. The van der Waals surface area contributed by atoms with Gasteiger partial charge in [0.25, 0.3) is 17.7 Å². The van der Waals surface area contributed by atoms with Crippen LogP contribution in [0.4, 0.5) is 11.5 Å². The number of aromatic nitrogens is 3. The molecule has 16 heteroatoms. The molecule has 1 saturated carbocycles. The molecule has 60 heavy (non-hydrogen) atoms. The van der Waals surface area contributed by atoms with Crippen LogP contribution in [0.25, 0.3) is 10.9 Å². The summed E-state index contributed by atoms with van der Waals surface area (Å²) in [6.45, 7) is 6.07. The van der Waals surface area contributed by atoms with Crippen molar-refractivity contribution in [2.75, 3.05) is 55.6 Å². The number of rotatable bonds is 9. The molecule has 5 amide bonds. The van der Waals surface area contributed by atoms with Crippen molar-refractivity contribution in [3.05, 3.63) is 83.2 Å². The fourth-order valence-corrected chi connectivity index (χ4v) is 9.27. The van der Waals surface area contributed by atoms with Crippen LogP contribution in [0, 0.1) is 17.2 Å². The van der Waals surface area contributed by atoms with Crippen LogP contribution in [-0.2, 0) is 9.59 Å². The molecule has 0 bridgehead atoms. The van der Waals surface area contributed by atoms with Crippen LogP contribution in [0.5, 0.6) is 5.75 Å². The molecule has 1 unspecified atom stereocenters. The van der Waals surface area contributed by atoms with Gasteiger partial charge in [-0.3, -0.25) is 44.1 Å². The van der Waals surface area contributed by atoms with Crippen LogP contribution < -0.4 is 25.2 Å². The minimum Gasteiger partial charge on any atom is -0.490 e. The molecule has 0 spiro atoms. The molecule has 2 aromatic heterocycles. The predicted octanol–water partition coefficient (Wildman–Crippen LogP) is 3.46. The number of carbonyl (C=O) groups excluding carboxylic acids is 5. The fourth-order valence-electron chi connectivity index (χ4n) is 9.27. The van der Waals surface area contributed by atoms with Gasteiger partial charge in [-0.1, -0.05) is 0 Å². The number of ether oxygens (including phenoxy) is 1. The quantitative estimate of drug-likeness (QED) is 0.234. The number of piperazine rings is 1. The first-order chi connectivity index (χ1) is 29.2. The van der Waals surface area contributed by atoms with Gasteiger partial charge in [-0.05, 0) is 105 Å². The zero-order valence-corrected chi connectivity index (χ0v) is 33.2. The molecule has 2 N–H and O–H groups in total. The van der Waals surface area contributed by atoms with E-state index in [1.807, 2.05) is 30.3 Å². The third kappa shape index (κ3) is 7.84. The summed E-state index contributed by atoms with van der Waals surface area (Å²) in [4.78, 5) is 76.0. The van der Waals surface area contributed by atoms with E-state index < -0.39 is 29.7 Å². The number of carbonyl (C=O) groups is 5. The van der Waals surface area contributed by atoms with Crippen molar-refractivity contribution < 1.29 is 28.7 Å². The van der Waals surface area contributed by atoms with Crippen LogP contribution in [0.3, 0.4) is 0 Å². The number of nitriles is 1. The number of anilines is 2. The third-order valence-electron chi connectivity index (χ3n) is 12.7. The summed E-state index contributed by atoms with van der Waals surface area (Å²) in [6.07, 6.45) is 7.12. The Hall–Kier alpha value is -6.47. The van der Waals surface area contributed by atoms with Gasteiger partial charge in [-0.2, -0.15) is 5.26 Å². The van der Waals surface area contributed by atoms with Gasteiger partial charge in [-0.15, -0.1) is 10.2 Å². The summed E-state index contributed by atoms with van der Waals surface area (Å²) in [7, 11) is 0. The summed E-state index contributed by atoms with van der Waals surface area (Å²) in [6, 6.07) is 17.5. The Bertz CT molecular complexity index is 2380. The molecule has 4 aromatic rings. The molecule has 3 saturated heterocycles. The number of hydrogen-bond donors (Lipinski definition) is 2. The second-order valence-electron chi connectivity index (χ2n) is 16.4. The molecule has 5 aliphatic rings. The largest absolute Gasteiger partial charge is 0.490 e. The minimum absolute atomic E-state index is 0.0112. The number of nitrogens with one attached hydrogen (secondary N) is 2. The lowest BCUT2D eigenvalue weighted by atomic mass is 9.92. The van der Waals surface area contributed by atoms with Crippen LogP contribution in [0.1, 0.15) is 88.1 Å². The van der Waals surface area contributed by atoms with E-state index >= 15 is 0 Å². The Morgan fingerprint density at radius 2 is 1.62 bits per heavy atom. The van der Waals surface area contributed by atoms with Gasteiger partial charge in [0.15, 0.2) is 11.5 Å². The number of imide groups is 2. The second-order valence-corrected chi connectivity index (χ2v) is 16.4. The molecule has 308 valence electrons. The SMILES string of the molecule is N#Cc1ccc(O[C@H]2CC[C@H](NC(=O)c3ccc(N4CCC(CN5CCN(c6ccc7c(c6)C(=O)N(C6CCC(=O)NC6=O)C7=O)CC5)CC4)nn3)CC2)c2cccnc12. The molecule has 9 rings (SSSR count). The average molecular weight is 811 g/mol. The lowest BCUT2D eigenvalue weighted by Crippen LogP contribution is -2.54. The van der Waals surface area contributed by atoms with E-state index in [0.717, 1.165) is 112 Å². The fraction of sp³-hybridized carbons (Fsp3) is 0.432. The molecule has 1 atom stereocenters. The van der Waals surface area contributed by atoms with Crippen molar-refractivity contribution in [3.8, 4) is 11.8 Å². The minimum atomic E-state index is -0.978. The molecular weight excluding hydrogens is 765 g/mol. The number of benzene rings is 2. The Morgan fingerprint density at radius 1 is 0.833 bits per heavy atom. The second kappa shape index (κ2) is 16.6. The highest BCUT2D eigenvalue weighted by atomic mass is 16.5. The Morgan fingerprint density at radius 3 is 2.35 bits per heavy atom. The maximum atomic E-state index is 13.3. The van der Waals surface area contributed by atoms with E-state index in [2.05, 4.69) is 46.6 Å². The van der Waals surface area contributed by atoms with Crippen molar-refractivity contribution in [1.82, 2.24) is 35.6 Å². The Kier molecular flexibility index (Phi) is 10.8. The number of hydrogen-bond acceptors (Lipinski definition) is 13. The van der Waals surface area contributed by atoms with Crippen molar-refractivity contribution in [1.29, 1.82) is 5.26 Å². The molecule has 4 aliphatic heterocycles. The molecule has 1 aliphatic carbocycles. The number of nitrogens with zero attached hydrogens (tertiary/aromatic N) is 8. The topological polar surface area (TPSA) is 194 Å². The van der Waals surface area contributed by atoms with Gasteiger partial charge in [0.05, 0.1) is 28.3 Å². The number of pyridine rings is 1. The van der Waals surface area contributed by atoms with E-state index in [9.17, 15) is 29.2 Å². The molecule has 2 aromatic carbocycles. The van der Waals surface area contributed by atoms with Gasteiger partial charge < -0.3 is 19.9 Å². The lowest BCUT2D eigenvalue weighted by molar-refractivity contribution is -0.136. The molecule has 4 fully saturated rings. The van der Waals surface area contributed by atoms with E-state index in [-0.39, 0.29) is 36.5 Å². The summed E-state index contributed by atoms with van der Waals surface area (Å²) < 4.78 is 6.35. The zero-order valence-electron chi connectivity index (χ0n) is 33.2. The van der Waals surface area contributed by atoms with Gasteiger partial charge >= 0.3 is 0 Å². The first-order valence-electron chi connectivity index (χ1n) is 20.9. The summed E-state index contributed by atoms with van der Waals surface area (Å²) >= 11 is 0. The van der Waals surface area contributed by atoms with Gasteiger partial charge in [0.2, 0.25) is 11.8 Å². The highest BCUT2D eigenvalue weighted by molar-refractivity contribution is 6.23. The van der Waals surface area contributed by atoms with Crippen LogP contribution in [0.15, 0.2) is 60.8 Å². The number of amides is 5. The zero-order chi connectivity index (χ0) is 41.3. The molecular formula is C44H46N10O6. The van der Waals surface area contributed by atoms with Crippen molar-refractivity contribution in [2.45, 2.75) is 69.6 Å². The Balaban J connectivity index is 0.701. The summed E-state index contributed by atoms with van der Waals surface area (Å²) in [5, 5.41) is 24.4. The third-order valence-corrected chi connectivity index (χ3v) is 12.7. The van der Waals surface area contributed by atoms with Crippen LogP contribution in [0.2, 0.25) is 0 Å². The average Bonchev–Trinajstić information content (AvgIpc) is 3.52. The van der Waals surface area contributed by atoms with Crippen LogP contribution in [-0.4, -0.2) is 119 Å².